The molecule has 1 heterocycles. The van der Waals surface area contributed by atoms with Gasteiger partial charge < -0.3 is 0 Å². The van der Waals surface area contributed by atoms with Gasteiger partial charge in [0, 0.05) is 12.3 Å². The predicted molar refractivity (Wildman–Crippen MR) is 81.5 cm³/mol. The number of nitrogens with one attached hydrogen (secondary N) is 1. The number of carbonyl (C=O) groups is 2. The van der Waals surface area contributed by atoms with E-state index in [0.717, 1.165) is 19.3 Å². The summed E-state index contributed by atoms with van der Waals surface area (Å²) in [5.74, 6) is 0.244. The molecule has 1 aliphatic heterocycles. The van der Waals surface area contributed by atoms with Gasteiger partial charge in [0.15, 0.2) is 0 Å². The zero-order valence-electron chi connectivity index (χ0n) is 12.6. The molecule has 0 radical (unpaired) electrons. The highest BCUT2D eigenvalue weighted by molar-refractivity contribution is 5.99. The molecule has 2 fully saturated rings. The summed E-state index contributed by atoms with van der Waals surface area (Å²) >= 11 is 0. The van der Waals surface area contributed by atoms with Crippen molar-refractivity contribution in [1.82, 2.24) is 5.32 Å². The number of hydrogen-bond acceptors (Lipinski definition) is 2. The molecule has 0 aromatic heterocycles. The number of piperidine rings is 1. The Hall–Kier alpha value is -1.64. The Morgan fingerprint density at radius 3 is 2.48 bits per heavy atom. The minimum absolute atomic E-state index is 0.0297. The van der Waals surface area contributed by atoms with E-state index in [4.69, 9.17) is 0 Å². The predicted octanol–water partition coefficient (Wildman–Crippen LogP) is 3.09. The number of hydrogen-bond donors (Lipinski definition) is 1. The molecule has 1 saturated carbocycles. The van der Waals surface area contributed by atoms with Crippen molar-refractivity contribution in [2.24, 2.45) is 17.3 Å². The Kier molecular flexibility index (Phi) is 3.83. The third-order valence-electron chi connectivity index (χ3n) is 5.18. The maximum atomic E-state index is 12.5. The van der Waals surface area contributed by atoms with Gasteiger partial charge in [-0.3, -0.25) is 14.9 Å². The standard InChI is InChI=1S/C18H23NO2/c1-18(11-13-7-3-2-4-8-13)12-15(20)19-17(21)16(18)14-9-5-6-10-14/h2-4,7-8,14,16H,5-6,9-12H2,1H3,(H,19,20,21). The van der Waals surface area contributed by atoms with Crippen LogP contribution in [0, 0.1) is 17.3 Å². The SMILES string of the molecule is CC1(Cc2ccccc2)CC(=O)NC(=O)C1C1CCCC1. The van der Waals surface area contributed by atoms with Gasteiger partial charge in [0.25, 0.3) is 0 Å². The van der Waals surface area contributed by atoms with Gasteiger partial charge in [0.05, 0.1) is 0 Å². The van der Waals surface area contributed by atoms with Crippen LogP contribution in [0.1, 0.15) is 44.6 Å². The number of carbonyl (C=O) groups excluding carboxylic acids is 2. The van der Waals surface area contributed by atoms with Gasteiger partial charge >= 0.3 is 0 Å². The first-order valence-corrected chi connectivity index (χ1v) is 7.96. The van der Waals surface area contributed by atoms with Crippen LogP contribution in [0.5, 0.6) is 0 Å². The summed E-state index contributed by atoms with van der Waals surface area (Å²) in [6.45, 7) is 2.12. The average Bonchev–Trinajstić information content (AvgIpc) is 2.91. The van der Waals surface area contributed by atoms with Crippen LogP contribution >= 0.6 is 0 Å². The molecule has 1 aromatic rings. The first kappa shape index (κ1) is 14.3. The Balaban J connectivity index is 1.89. The van der Waals surface area contributed by atoms with Crippen molar-refractivity contribution < 1.29 is 9.59 Å². The first-order chi connectivity index (χ1) is 10.1. The van der Waals surface area contributed by atoms with Crippen molar-refractivity contribution in [2.75, 3.05) is 0 Å². The van der Waals surface area contributed by atoms with Crippen LogP contribution < -0.4 is 5.32 Å². The Morgan fingerprint density at radius 1 is 1.14 bits per heavy atom. The largest absolute Gasteiger partial charge is 0.296 e. The average molecular weight is 285 g/mol. The van der Waals surface area contributed by atoms with E-state index in [0.29, 0.717) is 12.3 Å². The maximum Gasteiger partial charge on any atom is 0.230 e. The van der Waals surface area contributed by atoms with Crippen molar-refractivity contribution in [3.05, 3.63) is 35.9 Å². The van der Waals surface area contributed by atoms with Crippen LogP contribution in [-0.4, -0.2) is 11.8 Å². The molecular weight excluding hydrogens is 262 g/mol. The summed E-state index contributed by atoms with van der Waals surface area (Å²) in [5.41, 5.74) is 0.959. The summed E-state index contributed by atoms with van der Waals surface area (Å²) in [4.78, 5) is 24.4. The molecule has 3 nitrogen and oxygen atoms in total. The molecule has 3 rings (SSSR count). The zero-order chi connectivity index (χ0) is 14.9. The van der Waals surface area contributed by atoms with Crippen molar-refractivity contribution in [1.29, 1.82) is 0 Å². The Labute approximate surface area is 126 Å². The molecule has 1 saturated heterocycles. The fourth-order valence-electron chi connectivity index (χ4n) is 4.36. The van der Waals surface area contributed by atoms with Crippen LogP contribution in [0.25, 0.3) is 0 Å². The summed E-state index contributed by atoms with van der Waals surface area (Å²) in [5, 5.41) is 2.57. The van der Waals surface area contributed by atoms with Gasteiger partial charge in [-0.2, -0.15) is 0 Å². The lowest BCUT2D eigenvalue weighted by molar-refractivity contribution is -0.145. The van der Waals surface area contributed by atoms with Gasteiger partial charge in [-0.25, -0.2) is 0 Å². The fourth-order valence-corrected chi connectivity index (χ4v) is 4.36. The summed E-state index contributed by atoms with van der Waals surface area (Å²) in [7, 11) is 0. The number of benzene rings is 1. The van der Waals surface area contributed by atoms with E-state index in [1.54, 1.807) is 0 Å². The van der Waals surface area contributed by atoms with Crippen LogP contribution in [0.4, 0.5) is 0 Å². The quantitative estimate of drug-likeness (QED) is 0.867. The third kappa shape index (κ3) is 2.87. The second-order valence-electron chi connectivity index (χ2n) is 6.93. The minimum atomic E-state index is -0.254. The number of amides is 2. The zero-order valence-corrected chi connectivity index (χ0v) is 12.6. The monoisotopic (exact) mass is 285 g/mol. The van der Waals surface area contributed by atoms with Crippen molar-refractivity contribution in [2.45, 2.75) is 45.4 Å². The van der Waals surface area contributed by atoms with Gasteiger partial charge in [-0.05, 0) is 36.2 Å². The molecule has 2 unspecified atom stereocenters. The molecule has 2 atom stereocenters. The molecule has 3 heteroatoms. The van der Waals surface area contributed by atoms with Gasteiger partial charge in [0.1, 0.15) is 0 Å². The number of rotatable bonds is 3. The van der Waals surface area contributed by atoms with Crippen LogP contribution in [0.2, 0.25) is 0 Å². The van der Waals surface area contributed by atoms with Crippen LogP contribution in [0.15, 0.2) is 30.3 Å². The summed E-state index contributed by atoms with van der Waals surface area (Å²) in [6, 6.07) is 10.2. The van der Waals surface area contributed by atoms with Crippen molar-refractivity contribution in [3.63, 3.8) is 0 Å². The molecular formula is C18H23NO2. The van der Waals surface area contributed by atoms with Gasteiger partial charge in [-0.15, -0.1) is 0 Å². The minimum Gasteiger partial charge on any atom is -0.296 e. The van der Waals surface area contributed by atoms with Crippen LogP contribution in [0.3, 0.4) is 0 Å². The second-order valence-corrected chi connectivity index (χ2v) is 6.93. The normalized spacial score (nSPS) is 30.4. The van der Waals surface area contributed by atoms with E-state index in [1.807, 2.05) is 18.2 Å². The van der Waals surface area contributed by atoms with E-state index >= 15 is 0 Å². The summed E-state index contributed by atoms with van der Waals surface area (Å²) < 4.78 is 0. The highest BCUT2D eigenvalue weighted by atomic mass is 16.2. The highest BCUT2D eigenvalue weighted by Crippen LogP contribution is 2.46. The third-order valence-corrected chi connectivity index (χ3v) is 5.18. The molecule has 0 spiro atoms. The molecule has 1 N–H and O–H groups in total. The lowest BCUT2D eigenvalue weighted by atomic mass is 9.63. The summed E-state index contributed by atoms with van der Waals surface area (Å²) in [6.07, 6.45) is 5.92. The first-order valence-electron chi connectivity index (χ1n) is 7.96. The maximum absolute atomic E-state index is 12.5. The van der Waals surface area contributed by atoms with Gasteiger partial charge in [-0.1, -0.05) is 50.1 Å². The van der Waals surface area contributed by atoms with E-state index < -0.39 is 0 Å². The molecule has 2 aliphatic rings. The van der Waals surface area contributed by atoms with E-state index in [2.05, 4.69) is 24.4 Å². The molecule has 0 bridgehead atoms. The Bertz CT molecular complexity index is 533. The van der Waals surface area contributed by atoms with E-state index in [-0.39, 0.29) is 23.1 Å². The topological polar surface area (TPSA) is 46.2 Å². The lowest BCUT2D eigenvalue weighted by Gasteiger charge is -2.43. The van der Waals surface area contributed by atoms with Crippen molar-refractivity contribution >= 4 is 11.8 Å². The molecule has 1 aliphatic carbocycles. The fraction of sp³-hybridized carbons (Fsp3) is 0.556. The molecule has 2 amide bonds. The number of imide groups is 1. The molecule has 21 heavy (non-hydrogen) atoms. The lowest BCUT2D eigenvalue weighted by Crippen LogP contribution is -2.54. The van der Waals surface area contributed by atoms with E-state index in [9.17, 15) is 9.59 Å². The molecule has 112 valence electrons. The van der Waals surface area contributed by atoms with Crippen molar-refractivity contribution in [3.8, 4) is 0 Å². The smallest absolute Gasteiger partial charge is 0.230 e. The second kappa shape index (κ2) is 5.63. The highest BCUT2D eigenvalue weighted by Gasteiger charge is 2.49. The van der Waals surface area contributed by atoms with Gasteiger partial charge in [0.2, 0.25) is 11.8 Å². The Morgan fingerprint density at radius 2 is 1.81 bits per heavy atom. The molecule has 1 aromatic carbocycles. The van der Waals surface area contributed by atoms with Crippen LogP contribution in [-0.2, 0) is 16.0 Å². The van der Waals surface area contributed by atoms with E-state index in [1.165, 1.54) is 18.4 Å².